The topological polar surface area (TPSA) is 55.8 Å². The van der Waals surface area contributed by atoms with Gasteiger partial charge in [-0.1, -0.05) is 0 Å². The molecule has 1 amide bonds. The number of ether oxygens (including phenoxy) is 2. The van der Waals surface area contributed by atoms with E-state index in [1.807, 2.05) is 0 Å². The molecule has 0 aromatic rings. The Morgan fingerprint density at radius 3 is 2.41 bits per heavy atom. The molecule has 0 saturated heterocycles. The standard InChI is InChI=1S/C13H20BF3NO4/c1-5-21-11(19)10-7-6-9(14(15,16)17)8-18(10)12(20)22-13(2,3)4/h6,10H,5,7-8H2,1-4H3/q-1. The zero-order chi connectivity index (χ0) is 17.1. The predicted molar refractivity (Wildman–Crippen MR) is 75.1 cm³/mol. The van der Waals surface area contributed by atoms with Gasteiger partial charge in [0.05, 0.1) is 6.61 Å². The summed E-state index contributed by atoms with van der Waals surface area (Å²) in [4.78, 5) is 24.8. The lowest BCUT2D eigenvalue weighted by molar-refractivity contribution is -0.149. The first-order chi connectivity index (χ1) is 9.95. The van der Waals surface area contributed by atoms with Crippen LogP contribution in [-0.2, 0) is 14.3 Å². The van der Waals surface area contributed by atoms with Gasteiger partial charge in [-0.05, 0) is 34.1 Å². The van der Waals surface area contributed by atoms with Gasteiger partial charge < -0.3 is 22.4 Å². The Bertz CT molecular complexity index is 471. The molecule has 0 aromatic heterocycles. The van der Waals surface area contributed by atoms with Crippen molar-refractivity contribution in [2.75, 3.05) is 13.2 Å². The van der Waals surface area contributed by atoms with E-state index >= 15 is 0 Å². The van der Waals surface area contributed by atoms with Gasteiger partial charge in [0.1, 0.15) is 11.6 Å². The third kappa shape index (κ3) is 4.96. The average Bonchev–Trinajstić information content (AvgIpc) is 2.35. The van der Waals surface area contributed by atoms with E-state index < -0.39 is 42.7 Å². The zero-order valence-electron chi connectivity index (χ0n) is 13.1. The summed E-state index contributed by atoms with van der Waals surface area (Å²) >= 11 is 0. The number of amides is 1. The van der Waals surface area contributed by atoms with Gasteiger partial charge in [0.2, 0.25) is 0 Å². The third-order valence-corrected chi connectivity index (χ3v) is 2.94. The van der Waals surface area contributed by atoms with Crippen LogP contribution in [0.25, 0.3) is 0 Å². The predicted octanol–water partition coefficient (Wildman–Crippen LogP) is 2.87. The number of rotatable bonds is 3. The first-order valence-corrected chi connectivity index (χ1v) is 7.01. The van der Waals surface area contributed by atoms with Crippen LogP contribution in [0.15, 0.2) is 11.5 Å². The summed E-state index contributed by atoms with van der Waals surface area (Å²) in [5.41, 5.74) is -1.69. The molecule has 0 radical (unpaired) electrons. The maximum absolute atomic E-state index is 12.9. The van der Waals surface area contributed by atoms with Crippen LogP contribution in [0.4, 0.5) is 17.7 Å². The van der Waals surface area contributed by atoms with Crippen molar-refractivity contribution in [2.45, 2.75) is 45.8 Å². The van der Waals surface area contributed by atoms with Gasteiger partial charge in [0.15, 0.2) is 0 Å². The minimum Gasteiger partial charge on any atom is -0.464 e. The molecule has 5 nitrogen and oxygen atoms in total. The van der Waals surface area contributed by atoms with Crippen LogP contribution in [0.1, 0.15) is 34.1 Å². The van der Waals surface area contributed by atoms with Gasteiger partial charge in [0, 0.05) is 6.54 Å². The summed E-state index contributed by atoms with van der Waals surface area (Å²) in [6.45, 7) is 0.527. The molecule has 0 bridgehead atoms. The van der Waals surface area contributed by atoms with Crippen LogP contribution >= 0.6 is 0 Å². The summed E-state index contributed by atoms with van der Waals surface area (Å²) in [6, 6.07) is -1.10. The number of carbonyl (C=O) groups excluding carboxylic acids is 2. The molecule has 0 N–H and O–H groups in total. The Morgan fingerprint density at radius 2 is 1.95 bits per heavy atom. The van der Waals surface area contributed by atoms with E-state index in [2.05, 4.69) is 0 Å². The minimum absolute atomic E-state index is 0.0806. The SMILES string of the molecule is CCOC(=O)C1CC=C([B-](F)(F)F)CN1C(=O)OC(C)(C)C. The van der Waals surface area contributed by atoms with Crippen molar-refractivity contribution in [3.05, 3.63) is 11.5 Å². The number of hydrogen-bond acceptors (Lipinski definition) is 4. The highest BCUT2D eigenvalue weighted by atomic mass is 19.4. The Kier molecular flexibility index (Phi) is 5.53. The molecule has 0 spiro atoms. The molecule has 126 valence electrons. The molecule has 1 rings (SSSR count). The molecule has 22 heavy (non-hydrogen) atoms. The van der Waals surface area contributed by atoms with Crippen molar-refractivity contribution >= 4 is 19.0 Å². The van der Waals surface area contributed by atoms with Crippen LogP contribution in [0.3, 0.4) is 0 Å². The average molecular weight is 322 g/mol. The highest BCUT2D eigenvalue weighted by molar-refractivity contribution is 6.67. The molecule has 1 aliphatic rings. The zero-order valence-corrected chi connectivity index (χ0v) is 13.1. The van der Waals surface area contributed by atoms with Crippen molar-refractivity contribution in [3.63, 3.8) is 0 Å². The first kappa shape index (κ1) is 18.4. The van der Waals surface area contributed by atoms with E-state index in [1.54, 1.807) is 27.7 Å². The Hall–Kier alpha value is -1.67. The van der Waals surface area contributed by atoms with Crippen molar-refractivity contribution in [1.29, 1.82) is 0 Å². The van der Waals surface area contributed by atoms with Gasteiger partial charge in [-0.3, -0.25) is 4.90 Å². The first-order valence-electron chi connectivity index (χ1n) is 7.01. The molecule has 1 unspecified atom stereocenters. The minimum atomic E-state index is -5.22. The molecule has 0 saturated carbocycles. The highest BCUT2D eigenvalue weighted by Gasteiger charge is 2.40. The molecular formula is C13H20BF3NO4-. The summed E-state index contributed by atoms with van der Waals surface area (Å²) in [6.07, 6.45) is -0.256. The second-order valence-corrected chi connectivity index (χ2v) is 5.97. The van der Waals surface area contributed by atoms with Gasteiger partial charge in [-0.15, -0.1) is 11.5 Å². The largest absolute Gasteiger partial charge is 0.507 e. The highest BCUT2D eigenvalue weighted by Crippen LogP contribution is 2.28. The fourth-order valence-corrected chi connectivity index (χ4v) is 1.97. The molecule has 0 fully saturated rings. The second-order valence-electron chi connectivity index (χ2n) is 5.97. The van der Waals surface area contributed by atoms with Crippen molar-refractivity contribution in [2.24, 2.45) is 0 Å². The van der Waals surface area contributed by atoms with Gasteiger partial charge >= 0.3 is 19.0 Å². The number of nitrogens with zero attached hydrogens (tertiary/aromatic N) is 1. The van der Waals surface area contributed by atoms with Crippen LogP contribution in [-0.4, -0.2) is 48.7 Å². The fourth-order valence-electron chi connectivity index (χ4n) is 1.97. The Balaban J connectivity index is 3.02. The van der Waals surface area contributed by atoms with E-state index in [-0.39, 0.29) is 13.0 Å². The number of esters is 1. The molecule has 1 aliphatic heterocycles. The number of carbonyl (C=O) groups is 2. The van der Waals surface area contributed by atoms with Crippen molar-refractivity contribution in [3.8, 4) is 0 Å². The maximum Gasteiger partial charge on any atom is 0.507 e. The van der Waals surface area contributed by atoms with Gasteiger partial charge in [0.25, 0.3) is 0 Å². The van der Waals surface area contributed by atoms with Crippen molar-refractivity contribution in [1.82, 2.24) is 4.90 Å². The Labute approximate surface area is 127 Å². The maximum atomic E-state index is 12.9. The molecule has 0 aromatic carbocycles. The molecule has 1 atom stereocenters. The summed E-state index contributed by atoms with van der Waals surface area (Å²) in [5.74, 6) is -0.738. The quantitative estimate of drug-likeness (QED) is 0.592. The summed E-state index contributed by atoms with van der Waals surface area (Å²) in [5, 5.41) is 0. The van der Waals surface area contributed by atoms with Crippen molar-refractivity contribution < 1.29 is 32.0 Å². The molecule has 1 heterocycles. The lowest BCUT2D eigenvalue weighted by Gasteiger charge is -2.37. The third-order valence-electron chi connectivity index (χ3n) is 2.94. The van der Waals surface area contributed by atoms with Crippen LogP contribution in [0, 0.1) is 0 Å². The Morgan fingerprint density at radius 1 is 1.36 bits per heavy atom. The smallest absolute Gasteiger partial charge is 0.464 e. The van der Waals surface area contributed by atoms with Crippen LogP contribution in [0.5, 0.6) is 0 Å². The molecule has 0 aliphatic carbocycles. The fraction of sp³-hybridized carbons (Fsp3) is 0.692. The van der Waals surface area contributed by atoms with E-state index in [4.69, 9.17) is 9.47 Å². The number of halogens is 3. The lowest BCUT2D eigenvalue weighted by Crippen LogP contribution is -2.52. The summed E-state index contributed by atoms with van der Waals surface area (Å²) in [7, 11) is 0. The number of hydrogen-bond donors (Lipinski definition) is 0. The molecular weight excluding hydrogens is 302 g/mol. The summed E-state index contributed by atoms with van der Waals surface area (Å²) < 4.78 is 48.6. The lowest BCUT2D eigenvalue weighted by atomic mass is 9.76. The monoisotopic (exact) mass is 322 g/mol. The van der Waals surface area contributed by atoms with Gasteiger partial charge in [-0.25, -0.2) is 9.59 Å². The van der Waals surface area contributed by atoms with E-state index in [1.165, 1.54) is 0 Å². The molecule has 9 heteroatoms. The van der Waals surface area contributed by atoms with E-state index in [0.29, 0.717) is 0 Å². The van der Waals surface area contributed by atoms with Crippen LogP contribution < -0.4 is 0 Å². The van der Waals surface area contributed by atoms with E-state index in [0.717, 1.165) is 11.0 Å². The van der Waals surface area contributed by atoms with Crippen LogP contribution in [0.2, 0.25) is 0 Å². The van der Waals surface area contributed by atoms with E-state index in [9.17, 15) is 22.5 Å². The second kappa shape index (κ2) is 6.62. The normalized spacial score (nSPS) is 19.5. The van der Waals surface area contributed by atoms with Gasteiger partial charge in [-0.2, -0.15) is 0 Å².